The van der Waals surface area contributed by atoms with E-state index in [1.165, 1.54) is 16.4 Å². The summed E-state index contributed by atoms with van der Waals surface area (Å²) in [5, 5.41) is 0. The number of hydrogen-bond donors (Lipinski definition) is 0. The number of benzene rings is 2. The van der Waals surface area contributed by atoms with Crippen LogP contribution in [0, 0.1) is 5.82 Å². The molecule has 0 N–H and O–H groups in total. The zero-order valence-electron chi connectivity index (χ0n) is 13.5. The van der Waals surface area contributed by atoms with Gasteiger partial charge in [-0.1, -0.05) is 18.2 Å². The maximum absolute atomic E-state index is 13.3. The van der Waals surface area contributed by atoms with Gasteiger partial charge in [0.1, 0.15) is 5.82 Å². The number of piperidine rings is 1. The highest BCUT2D eigenvalue weighted by Gasteiger charge is 2.30. The number of sulfonamides is 1. The van der Waals surface area contributed by atoms with Gasteiger partial charge < -0.3 is 4.57 Å². The number of hydrogen-bond acceptors (Lipinski definition) is 3. The normalized spacial score (nSPS) is 17.2. The first-order valence-corrected chi connectivity index (χ1v) is 9.67. The van der Waals surface area contributed by atoms with Crippen LogP contribution in [0.15, 0.2) is 59.8 Å². The van der Waals surface area contributed by atoms with E-state index in [-0.39, 0.29) is 11.9 Å². The fourth-order valence-corrected chi connectivity index (χ4v) is 4.89. The molecule has 7 heteroatoms. The van der Waals surface area contributed by atoms with Crippen LogP contribution in [-0.2, 0) is 10.0 Å². The SMILES string of the molecule is O=S(=O)(c1ccccc1)N1CCC(n2cnc3cc(F)ccc32)CC1. The second-order valence-electron chi connectivity index (χ2n) is 6.23. The average molecular weight is 359 g/mol. The number of halogens is 1. The summed E-state index contributed by atoms with van der Waals surface area (Å²) in [5.74, 6) is -0.304. The molecule has 1 saturated heterocycles. The fraction of sp³-hybridized carbons (Fsp3) is 0.278. The third-order valence-corrected chi connectivity index (χ3v) is 6.65. The number of imidazole rings is 1. The van der Waals surface area contributed by atoms with Gasteiger partial charge in [-0.3, -0.25) is 0 Å². The van der Waals surface area contributed by atoms with Crippen molar-refractivity contribution in [2.75, 3.05) is 13.1 Å². The molecule has 1 aromatic heterocycles. The van der Waals surface area contributed by atoms with Gasteiger partial charge in [0.25, 0.3) is 0 Å². The summed E-state index contributed by atoms with van der Waals surface area (Å²) < 4.78 is 42.3. The lowest BCUT2D eigenvalue weighted by molar-refractivity contribution is 0.277. The Labute approximate surface area is 145 Å². The molecule has 130 valence electrons. The van der Waals surface area contributed by atoms with Crippen LogP contribution in [0.25, 0.3) is 11.0 Å². The molecule has 0 radical (unpaired) electrons. The number of rotatable bonds is 3. The summed E-state index contributed by atoms with van der Waals surface area (Å²) in [6, 6.07) is 13.3. The van der Waals surface area contributed by atoms with Gasteiger partial charge in [-0.2, -0.15) is 4.31 Å². The van der Waals surface area contributed by atoms with E-state index in [2.05, 4.69) is 4.98 Å². The minimum atomic E-state index is -3.44. The highest BCUT2D eigenvalue weighted by molar-refractivity contribution is 7.89. The van der Waals surface area contributed by atoms with E-state index in [1.807, 2.05) is 4.57 Å². The van der Waals surface area contributed by atoms with E-state index in [4.69, 9.17) is 0 Å². The average Bonchev–Trinajstić information content (AvgIpc) is 3.05. The molecule has 2 heterocycles. The molecule has 0 unspecified atom stereocenters. The Balaban J connectivity index is 1.53. The maximum Gasteiger partial charge on any atom is 0.243 e. The van der Waals surface area contributed by atoms with E-state index in [1.54, 1.807) is 42.7 Å². The molecule has 5 nitrogen and oxygen atoms in total. The molecule has 0 amide bonds. The lowest BCUT2D eigenvalue weighted by Gasteiger charge is -2.32. The summed E-state index contributed by atoms with van der Waals surface area (Å²) in [4.78, 5) is 4.59. The predicted octanol–water partition coefficient (Wildman–Crippen LogP) is 3.20. The fourth-order valence-electron chi connectivity index (χ4n) is 3.40. The van der Waals surface area contributed by atoms with E-state index < -0.39 is 10.0 Å². The van der Waals surface area contributed by atoms with Crippen LogP contribution >= 0.6 is 0 Å². The minimum Gasteiger partial charge on any atom is -0.327 e. The molecule has 1 fully saturated rings. The molecular formula is C18H18FN3O2S. The number of nitrogens with zero attached hydrogens (tertiary/aromatic N) is 3. The Morgan fingerprint density at radius 1 is 1.04 bits per heavy atom. The molecule has 4 rings (SSSR count). The van der Waals surface area contributed by atoms with Crippen LogP contribution in [0.1, 0.15) is 18.9 Å². The van der Waals surface area contributed by atoms with Crippen molar-refractivity contribution in [2.45, 2.75) is 23.8 Å². The van der Waals surface area contributed by atoms with Gasteiger partial charge >= 0.3 is 0 Å². The van der Waals surface area contributed by atoms with Crippen molar-refractivity contribution in [1.29, 1.82) is 0 Å². The quantitative estimate of drug-likeness (QED) is 0.722. The summed E-state index contributed by atoms with van der Waals surface area (Å²) in [6.45, 7) is 0.922. The zero-order valence-corrected chi connectivity index (χ0v) is 14.4. The van der Waals surface area contributed by atoms with Crippen LogP contribution < -0.4 is 0 Å². The standard InChI is InChI=1S/C18H18FN3O2S/c19-14-6-7-18-17(12-14)20-13-22(18)15-8-10-21(11-9-15)25(23,24)16-4-2-1-3-5-16/h1-7,12-13,15H,8-11H2. The predicted molar refractivity (Wildman–Crippen MR) is 93.2 cm³/mol. The smallest absolute Gasteiger partial charge is 0.243 e. The highest BCUT2D eigenvalue weighted by Crippen LogP contribution is 2.29. The second-order valence-corrected chi connectivity index (χ2v) is 8.17. The zero-order chi connectivity index (χ0) is 17.4. The Morgan fingerprint density at radius 2 is 1.76 bits per heavy atom. The third-order valence-electron chi connectivity index (χ3n) is 4.73. The summed E-state index contributed by atoms with van der Waals surface area (Å²) in [7, 11) is -3.44. The third kappa shape index (κ3) is 2.94. The van der Waals surface area contributed by atoms with E-state index >= 15 is 0 Å². The van der Waals surface area contributed by atoms with Gasteiger partial charge in [0.05, 0.1) is 22.3 Å². The molecule has 0 spiro atoms. The molecule has 25 heavy (non-hydrogen) atoms. The summed E-state index contributed by atoms with van der Waals surface area (Å²) in [6.07, 6.45) is 3.12. The Morgan fingerprint density at radius 3 is 2.48 bits per heavy atom. The molecule has 0 atom stereocenters. The Hall–Kier alpha value is -2.25. The van der Waals surface area contributed by atoms with Crippen LogP contribution in [0.4, 0.5) is 4.39 Å². The van der Waals surface area contributed by atoms with Gasteiger partial charge in [-0.05, 0) is 37.1 Å². The van der Waals surface area contributed by atoms with Crippen LogP contribution in [-0.4, -0.2) is 35.4 Å². The van der Waals surface area contributed by atoms with E-state index in [0.717, 1.165) is 5.52 Å². The van der Waals surface area contributed by atoms with Gasteiger partial charge in [-0.15, -0.1) is 0 Å². The van der Waals surface area contributed by atoms with Crippen molar-refractivity contribution in [3.05, 3.63) is 60.7 Å². The van der Waals surface area contributed by atoms with Crippen molar-refractivity contribution in [3.63, 3.8) is 0 Å². The Kier molecular flexibility index (Phi) is 4.05. The molecule has 3 aromatic rings. The van der Waals surface area contributed by atoms with Gasteiger partial charge in [0, 0.05) is 25.2 Å². The second kappa shape index (κ2) is 6.24. The van der Waals surface area contributed by atoms with Gasteiger partial charge in [0.15, 0.2) is 0 Å². The molecule has 1 aliphatic heterocycles. The van der Waals surface area contributed by atoms with E-state index in [0.29, 0.717) is 36.3 Å². The van der Waals surface area contributed by atoms with Crippen LogP contribution in [0.3, 0.4) is 0 Å². The maximum atomic E-state index is 13.3. The van der Waals surface area contributed by atoms with Crippen LogP contribution in [0.2, 0.25) is 0 Å². The van der Waals surface area contributed by atoms with Gasteiger partial charge in [-0.25, -0.2) is 17.8 Å². The molecule has 0 saturated carbocycles. The van der Waals surface area contributed by atoms with Crippen molar-refractivity contribution in [3.8, 4) is 0 Å². The summed E-state index contributed by atoms with van der Waals surface area (Å²) >= 11 is 0. The molecule has 1 aliphatic rings. The lowest BCUT2D eigenvalue weighted by Crippen LogP contribution is -2.38. The highest BCUT2D eigenvalue weighted by atomic mass is 32.2. The van der Waals surface area contributed by atoms with Crippen molar-refractivity contribution < 1.29 is 12.8 Å². The first kappa shape index (κ1) is 16.2. The molecular weight excluding hydrogens is 341 g/mol. The minimum absolute atomic E-state index is 0.165. The molecule has 2 aromatic carbocycles. The topological polar surface area (TPSA) is 55.2 Å². The number of aromatic nitrogens is 2. The Bertz CT molecular complexity index is 994. The first-order chi connectivity index (χ1) is 12.1. The molecule has 0 bridgehead atoms. The molecule has 0 aliphatic carbocycles. The number of fused-ring (bicyclic) bond motifs is 1. The first-order valence-electron chi connectivity index (χ1n) is 8.23. The summed E-state index contributed by atoms with van der Waals surface area (Å²) in [5.41, 5.74) is 1.50. The van der Waals surface area contributed by atoms with Crippen molar-refractivity contribution in [2.24, 2.45) is 0 Å². The van der Waals surface area contributed by atoms with Gasteiger partial charge in [0.2, 0.25) is 10.0 Å². The van der Waals surface area contributed by atoms with Crippen molar-refractivity contribution in [1.82, 2.24) is 13.9 Å². The monoisotopic (exact) mass is 359 g/mol. The largest absolute Gasteiger partial charge is 0.327 e. The van der Waals surface area contributed by atoms with Crippen molar-refractivity contribution >= 4 is 21.1 Å². The lowest BCUT2D eigenvalue weighted by atomic mass is 10.1. The van der Waals surface area contributed by atoms with Crippen LogP contribution in [0.5, 0.6) is 0 Å². The van der Waals surface area contributed by atoms with E-state index in [9.17, 15) is 12.8 Å².